The van der Waals surface area contributed by atoms with E-state index in [1.165, 1.54) is 40.9 Å². The Morgan fingerprint density at radius 1 is 0.696 bits per heavy atom. The highest BCUT2D eigenvalue weighted by atomic mass is 35.5. The summed E-state index contributed by atoms with van der Waals surface area (Å²) in [5.41, 5.74) is 10.7. The molecule has 16 heteroatoms. The lowest BCUT2D eigenvalue weighted by atomic mass is 9.84. The van der Waals surface area contributed by atoms with Crippen LogP contribution in [0.1, 0.15) is 73.6 Å². The molecule has 0 saturated carbocycles. The van der Waals surface area contributed by atoms with Crippen LogP contribution in [-0.2, 0) is 13.1 Å². The zero-order valence-electron chi connectivity index (χ0n) is 32.1. The van der Waals surface area contributed by atoms with Gasteiger partial charge in [0, 0.05) is 72.7 Å². The van der Waals surface area contributed by atoms with Crippen molar-refractivity contribution in [2.24, 2.45) is 0 Å². The molecule has 4 fully saturated rings. The third-order valence-electron chi connectivity index (χ3n) is 12.4. The second-order valence-electron chi connectivity index (χ2n) is 15.8. The number of hydrogen-bond donors (Lipinski definition) is 1. The number of nitrogens with zero attached hydrogens (tertiary/aromatic N) is 9. The van der Waals surface area contributed by atoms with E-state index < -0.39 is 4.92 Å². The van der Waals surface area contributed by atoms with E-state index in [1.807, 2.05) is 24.0 Å². The van der Waals surface area contributed by atoms with Crippen LogP contribution < -0.4 is 5.73 Å². The molecule has 0 unspecified atom stereocenters. The van der Waals surface area contributed by atoms with Crippen molar-refractivity contribution in [3.8, 4) is 0 Å². The van der Waals surface area contributed by atoms with Gasteiger partial charge >= 0.3 is 17.9 Å². The van der Waals surface area contributed by atoms with Crippen LogP contribution in [0.4, 0.5) is 21.2 Å². The summed E-state index contributed by atoms with van der Waals surface area (Å²) in [6.45, 7) is 10.9. The maximum Gasteiger partial charge on any atom is 0.390 e. The van der Waals surface area contributed by atoms with Gasteiger partial charge in [-0.05, 0) is 118 Å². The molecule has 6 heterocycles. The molecule has 56 heavy (non-hydrogen) atoms. The number of nitrogens with two attached hydrogens (primary N) is 1. The Morgan fingerprint density at radius 3 is 1.54 bits per heavy atom. The number of anilines is 1. The number of halogens is 2. The molecule has 0 aliphatic carbocycles. The van der Waals surface area contributed by atoms with Gasteiger partial charge in [0.15, 0.2) is 0 Å². The molecule has 2 aromatic heterocycles. The van der Waals surface area contributed by atoms with E-state index in [2.05, 4.69) is 51.2 Å². The monoisotopic (exact) mass is 804 g/mol. The first-order valence-corrected chi connectivity index (χ1v) is 20.2. The summed E-state index contributed by atoms with van der Waals surface area (Å²) in [5.74, 6) is 0.0594. The molecule has 4 aliphatic rings. The molecule has 0 radical (unpaired) electrons. The van der Waals surface area contributed by atoms with Gasteiger partial charge in [-0.3, -0.25) is 9.80 Å². The van der Waals surface area contributed by atoms with Gasteiger partial charge in [0.1, 0.15) is 5.82 Å². The summed E-state index contributed by atoms with van der Waals surface area (Å²) in [5, 5.41) is 20.2. The second kappa shape index (κ2) is 16.5. The molecular weight excluding hydrogens is 755 g/mol. The molecule has 298 valence electrons. The first-order valence-electron chi connectivity index (χ1n) is 19.4. The third kappa shape index (κ3) is 8.43. The van der Waals surface area contributed by atoms with Crippen LogP contribution in [0, 0.1) is 24.0 Å². The first kappa shape index (κ1) is 39.7. The van der Waals surface area contributed by atoms with E-state index in [4.69, 9.17) is 28.9 Å². The number of hydrogen-bond acceptors (Lipinski definition) is 9. The van der Waals surface area contributed by atoms with Gasteiger partial charge in [-0.2, -0.15) is 4.68 Å². The van der Waals surface area contributed by atoms with Crippen molar-refractivity contribution < 1.29 is 14.5 Å². The zero-order valence-corrected chi connectivity index (χ0v) is 33.6. The van der Waals surface area contributed by atoms with Gasteiger partial charge in [0.2, 0.25) is 0 Å². The molecule has 2 aromatic carbocycles. The molecular formula is C40H50Cl2N10O4. The summed E-state index contributed by atoms with van der Waals surface area (Å²) in [6.07, 6.45) is 11.5. The lowest BCUT2D eigenvalue weighted by molar-refractivity contribution is -0.389. The van der Waals surface area contributed by atoms with Gasteiger partial charge in [0.05, 0.1) is 17.4 Å². The SMILES string of the molecule is Cc1cc(CN2CCCC23CCN(C(=O)n2ccc(N)n2)CC3)ccc1Cl.Cc1cc(CN2CCCC23CCN(C(=O)n2ccc([N+](=O)[O-])n2)CC3)ccc1Cl. The zero-order chi connectivity index (χ0) is 39.6. The van der Waals surface area contributed by atoms with Crippen molar-refractivity contribution in [3.63, 3.8) is 0 Å². The van der Waals surface area contributed by atoms with Crippen molar-refractivity contribution in [2.45, 2.75) is 89.4 Å². The number of amides is 2. The van der Waals surface area contributed by atoms with E-state index in [1.54, 1.807) is 17.2 Å². The van der Waals surface area contributed by atoms with Crippen molar-refractivity contribution in [2.75, 3.05) is 45.0 Å². The van der Waals surface area contributed by atoms with E-state index >= 15 is 0 Å². The van der Waals surface area contributed by atoms with Crippen LogP contribution in [0.25, 0.3) is 0 Å². The molecule has 0 atom stereocenters. The highest BCUT2D eigenvalue weighted by molar-refractivity contribution is 6.31. The topological polar surface area (TPSA) is 152 Å². The number of rotatable bonds is 5. The fraction of sp³-hybridized carbons (Fsp3) is 0.500. The number of likely N-dealkylation sites (tertiary alicyclic amines) is 4. The number of nitro groups is 1. The van der Waals surface area contributed by atoms with Gasteiger partial charge < -0.3 is 25.6 Å². The average molecular weight is 806 g/mol. The van der Waals surface area contributed by atoms with E-state index in [0.717, 1.165) is 104 Å². The fourth-order valence-corrected chi connectivity index (χ4v) is 9.38. The predicted molar refractivity (Wildman–Crippen MR) is 216 cm³/mol. The van der Waals surface area contributed by atoms with E-state index in [0.29, 0.717) is 18.9 Å². The molecule has 2 amide bonds. The quantitative estimate of drug-likeness (QED) is 0.161. The summed E-state index contributed by atoms with van der Waals surface area (Å²) in [7, 11) is 0. The van der Waals surface area contributed by atoms with Crippen LogP contribution in [-0.4, -0.2) is 106 Å². The minimum Gasteiger partial charge on any atom is -0.382 e. The second-order valence-corrected chi connectivity index (χ2v) is 16.6. The number of carbonyl (C=O) groups excluding carboxylic acids is 2. The maximum atomic E-state index is 12.7. The standard InChI is InChI=1S/C20H24ClN5O3.C20H26ClN5O/c1-15-13-16(3-4-17(15)21)14-24-9-2-6-20(24)7-11-23(12-8-20)19(27)25-10-5-18(22-25)26(28)29;1-15-13-16(3-4-17(15)21)14-25-9-2-6-20(25)7-11-24(12-8-20)19(27)26-10-5-18(22)23-26/h3-5,10,13H,2,6-9,11-12,14H2,1H3;3-5,10,13H,2,6-9,11-12,14H2,1H3,(H2,22,23). The molecule has 4 aliphatic heterocycles. The van der Waals surface area contributed by atoms with Gasteiger partial charge in [-0.25, -0.2) is 9.59 Å². The van der Waals surface area contributed by atoms with Crippen LogP contribution in [0.3, 0.4) is 0 Å². The number of nitrogen functional groups attached to an aromatic ring is 1. The van der Waals surface area contributed by atoms with Crippen LogP contribution in [0.2, 0.25) is 10.0 Å². The maximum absolute atomic E-state index is 12.7. The Bertz CT molecular complexity index is 2070. The number of benzene rings is 2. The Balaban J connectivity index is 0.000000172. The predicted octanol–water partition coefficient (Wildman–Crippen LogP) is 7.38. The van der Waals surface area contributed by atoms with E-state index in [-0.39, 0.29) is 29.0 Å². The van der Waals surface area contributed by atoms with Gasteiger partial charge in [0.25, 0.3) is 0 Å². The van der Waals surface area contributed by atoms with Crippen LogP contribution in [0.5, 0.6) is 0 Å². The van der Waals surface area contributed by atoms with Crippen LogP contribution >= 0.6 is 23.2 Å². The summed E-state index contributed by atoms with van der Waals surface area (Å²) in [6, 6.07) is 15.0. The number of aromatic nitrogens is 4. The Hall–Kier alpha value is -4.50. The Labute approximate surface area is 337 Å². The highest BCUT2D eigenvalue weighted by Gasteiger charge is 2.45. The Kier molecular flexibility index (Phi) is 11.7. The molecule has 0 bridgehead atoms. The lowest BCUT2D eigenvalue weighted by Crippen LogP contribution is -2.53. The van der Waals surface area contributed by atoms with Crippen molar-refractivity contribution >= 4 is 46.9 Å². The molecule has 14 nitrogen and oxygen atoms in total. The number of piperidine rings is 2. The molecule has 2 spiro atoms. The van der Waals surface area contributed by atoms with Crippen molar-refractivity contribution in [1.82, 2.24) is 39.2 Å². The number of aryl methyl sites for hydroxylation is 2. The lowest BCUT2D eigenvalue weighted by Gasteiger charge is -2.45. The number of carbonyl (C=O) groups is 2. The molecule has 4 saturated heterocycles. The van der Waals surface area contributed by atoms with Crippen LogP contribution in [0.15, 0.2) is 60.9 Å². The fourth-order valence-electron chi connectivity index (χ4n) is 9.15. The molecule has 4 aromatic rings. The van der Waals surface area contributed by atoms with Crippen molar-refractivity contribution in [3.05, 3.63) is 103 Å². The van der Waals surface area contributed by atoms with Gasteiger partial charge in [-0.1, -0.05) is 52.1 Å². The first-order chi connectivity index (χ1) is 26.8. The minimum atomic E-state index is -0.593. The normalized spacial score (nSPS) is 19.4. The summed E-state index contributed by atoms with van der Waals surface area (Å²) < 4.78 is 2.41. The Morgan fingerprint density at radius 2 is 1.14 bits per heavy atom. The summed E-state index contributed by atoms with van der Waals surface area (Å²) in [4.78, 5) is 44.3. The average Bonchev–Trinajstić information content (AvgIpc) is 4.01. The molecule has 2 N–H and O–H groups in total. The smallest absolute Gasteiger partial charge is 0.382 e. The molecule has 8 rings (SSSR count). The van der Waals surface area contributed by atoms with Gasteiger partial charge in [-0.15, -0.1) is 5.10 Å². The largest absolute Gasteiger partial charge is 0.390 e. The highest BCUT2D eigenvalue weighted by Crippen LogP contribution is 2.41. The third-order valence-corrected chi connectivity index (χ3v) is 13.2. The summed E-state index contributed by atoms with van der Waals surface area (Å²) >= 11 is 12.3. The van der Waals surface area contributed by atoms with Crippen molar-refractivity contribution in [1.29, 1.82) is 0 Å². The minimum absolute atomic E-state index is 0.0839. The van der Waals surface area contributed by atoms with E-state index in [9.17, 15) is 19.7 Å².